The van der Waals surface area contributed by atoms with Gasteiger partial charge in [0.1, 0.15) is 12.4 Å². The second kappa shape index (κ2) is 12.2. The number of aryl methyl sites for hydroxylation is 1. The van der Waals surface area contributed by atoms with Gasteiger partial charge in [0.25, 0.3) is 5.91 Å². The van der Waals surface area contributed by atoms with Crippen molar-refractivity contribution in [2.24, 2.45) is 0 Å². The number of likely N-dealkylation sites (tertiary alicyclic amines) is 1. The second-order valence-electron chi connectivity index (χ2n) is 8.97. The van der Waals surface area contributed by atoms with Gasteiger partial charge in [0.15, 0.2) is 0 Å². The molecule has 2 amide bonds. The summed E-state index contributed by atoms with van der Waals surface area (Å²) in [5.74, 6) is 1.12. The predicted octanol–water partition coefficient (Wildman–Crippen LogP) is 5.34. The Bertz CT molecular complexity index is 1120. The summed E-state index contributed by atoms with van der Waals surface area (Å²) >= 11 is 3.40. The molecule has 1 fully saturated rings. The molecule has 1 saturated heterocycles. The summed E-state index contributed by atoms with van der Waals surface area (Å²) in [5.41, 5.74) is 2.64. The molecule has 1 N–H and O–H groups in total. The quantitative estimate of drug-likeness (QED) is 0.384. The first-order valence-corrected chi connectivity index (χ1v) is 13.2. The van der Waals surface area contributed by atoms with Crippen LogP contribution in [0.3, 0.4) is 0 Å². The van der Waals surface area contributed by atoms with Crippen LogP contribution in [0.1, 0.15) is 61.1 Å². The van der Waals surface area contributed by atoms with Crippen LogP contribution in [0.25, 0.3) is 11.0 Å². The molecule has 0 unspecified atom stereocenters. The molecule has 3 aromatic rings. The lowest BCUT2D eigenvalue weighted by Gasteiger charge is -2.21. The van der Waals surface area contributed by atoms with Gasteiger partial charge < -0.3 is 14.8 Å². The number of benzene rings is 2. The maximum Gasteiger partial charge on any atom is 0.251 e. The molecule has 2 heterocycles. The first kappa shape index (κ1) is 24.5. The third-order valence-corrected chi connectivity index (χ3v) is 6.93. The van der Waals surface area contributed by atoms with Crippen LogP contribution in [0, 0.1) is 0 Å². The Kier molecular flexibility index (Phi) is 8.74. The fraction of sp³-hybridized carbons (Fsp3) is 0.444. The minimum Gasteiger partial charge on any atom is -0.352 e. The highest BCUT2D eigenvalue weighted by atomic mass is 79.9. The van der Waals surface area contributed by atoms with Crippen molar-refractivity contribution in [3.8, 4) is 0 Å². The summed E-state index contributed by atoms with van der Waals surface area (Å²) in [6.07, 6.45) is 8.31. The van der Waals surface area contributed by atoms with Crippen LogP contribution in [0.5, 0.6) is 0 Å². The van der Waals surface area contributed by atoms with E-state index < -0.39 is 0 Å². The Labute approximate surface area is 209 Å². The number of para-hydroxylation sites is 2. The van der Waals surface area contributed by atoms with E-state index in [9.17, 15) is 9.59 Å². The molecule has 180 valence electrons. The van der Waals surface area contributed by atoms with E-state index in [4.69, 9.17) is 4.98 Å². The largest absolute Gasteiger partial charge is 0.352 e. The van der Waals surface area contributed by atoms with E-state index in [0.717, 1.165) is 72.9 Å². The van der Waals surface area contributed by atoms with Crippen molar-refractivity contribution in [1.29, 1.82) is 0 Å². The van der Waals surface area contributed by atoms with Crippen molar-refractivity contribution >= 4 is 38.8 Å². The zero-order valence-electron chi connectivity index (χ0n) is 19.6. The van der Waals surface area contributed by atoms with Crippen LogP contribution >= 0.6 is 15.9 Å². The molecule has 1 aliphatic heterocycles. The van der Waals surface area contributed by atoms with Gasteiger partial charge in [0.05, 0.1) is 11.0 Å². The van der Waals surface area contributed by atoms with Gasteiger partial charge in [-0.1, -0.05) is 53.4 Å². The normalized spacial score (nSPS) is 14.2. The number of rotatable bonds is 9. The predicted molar refractivity (Wildman–Crippen MR) is 139 cm³/mol. The number of carbonyl (C=O) groups excluding carboxylic acids is 2. The molecule has 7 heteroatoms. The highest BCUT2D eigenvalue weighted by Crippen LogP contribution is 2.19. The van der Waals surface area contributed by atoms with Crippen LogP contribution in [0.2, 0.25) is 0 Å². The molecule has 0 spiro atoms. The zero-order valence-corrected chi connectivity index (χ0v) is 21.2. The maximum absolute atomic E-state index is 13.1. The molecule has 1 aromatic heterocycles. The SMILES string of the molecule is O=C(NCCCCCc1nc2ccccc2n1CC(=O)N1CCCCCC1)c1cccc(Br)c1. The number of nitrogens with zero attached hydrogens (tertiary/aromatic N) is 3. The van der Waals surface area contributed by atoms with Crippen molar-refractivity contribution < 1.29 is 9.59 Å². The number of imidazole rings is 1. The van der Waals surface area contributed by atoms with Crippen molar-refractivity contribution in [3.63, 3.8) is 0 Å². The molecule has 0 saturated carbocycles. The van der Waals surface area contributed by atoms with Crippen LogP contribution in [-0.2, 0) is 17.8 Å². The average Bonchev–Trinajstić information content (AvgIpc) is 3.00. The van der Waals surface area contributed by atoms with Crippen molar-refractivity contribution in [3.05, 3.63) is 64.4 Å². The summed E-state index contributed by atoms with van der Waals surface area (Å²) in [7, 11) is 0. The molecule has 0 bridgehead atoms. The van der Waals surface area contributed by atoms with Gasteiger partial charge in [-0.25, -0.2) is 4.98 Å². The first-order chi connectivity index (χ1) is 16.6. The lowest BCUT2D eigenvalue weighted by atomic mass is 10.1. The first-order valence-electron chi connectivity index (χ1n) is 12.4. The van der Waals surface area contributed by atoms with Gasteiger partial charge in [0.2, 0.25) is 5.91 Å². The summed E-state index contributed by atoms with van der Waals surface area (Å²) in [4.78, 5) is 32.2. The van der Waals surface area contributed by atoms with Crippen molar-refractivity contribution in [2.75, 3.05) is 19.6 Å². The summed E-state index contributed by atoms with van der Waals surface area (Å²) < 4.78 is 3.01. The van der Waals surface area contributed by atoms with Gasteiger partial charge in [-0.05, 0) is 56.0 Å². The summed E-state index contributed by atoms with van der Waals surface area (Å²) in [6.45, 7) is 2.74. The number of aromatic nitrogens is 2. The topological polar surface area (TPSA) is 67.2 Å². The lowest BCUT2D eigenvalue weighted by Crippen LogP contribution is -2.34. The number of amides is 2. The molecule has 0 radical (unpaired) electrons. The number of nitrogens with one attached hydrogen (secondary N) is 1. The van der Waals surface area contributed by atoms with E-state index in [-0.39, 0.29) is 11.8 Å². The molecule has 6 nitrogen and oxygen atoms in total. The van der Waals surface area contributed by atoms with E-state index in [0.29, 0.717) is 18.7 Å². The summed E-state index contributed by atoms with van der Waals surface area (Å²) in [6, 6.07) is 15.5. The lowest BCUT2D eigenvalue weighted by molar-refractivity contribution is -0.131. The highest BCUT2D eigenvalue weighted by Gasteiger charge is 2.19. The number of unbranched alkanes of at least 4 members (excludes halogenated alkanes) is 2. The monoisotopic (exact) mass is 524 g/mol. The van der Waals surface area contributed by atoms with Gasteiger partial charge in [-0.3, -0.25) is 9.59 Å². The Morgan fingerprint density at radius 1 is 0.941 bits per heavy atom. The van der Waals surface area contributed by atoms with Crippen molar-refractivity contribution in [2.45, 2.75) is 57.9 Å². The Morgan fingerprint density at radius 2 is 1.74 bits per heavy atom. The fourth-order valence-electron chi connectivity index (χ4n) is 4.57. The highest BCUT2D eigenvalue weighted by molar-refractivity contribution is 9.10. The zero-order chi connectivity index (χ0) is 23.8. The maximum atomic E-state index is 13.1. The van der Waals surface area contributed by atoms with Crippen molar-refractivity contribution in [1.82, 2.24) is 19.8 Å². The standard InChI is InChI=1S/C27H33BrN4O2/c28-22-12-10-11-21(19-22)27(34)29-16-7-3-4-15-25-30-23-13-5-6-14-24(23)32(25)20-26(33)31-17-8-1-2-9-18-31/h5-6,10-14,19H,1-4,7-9,15-18,20H2,(H,29,34). The van der Waals surface area contributed by atoms with Gasteiger partial charge in [-0.15, -0.1) is 0 Å². The van der Waals surface area contributed by atoms with Crippen LogP contribution in [0.15, 0.2) is 53.0 Å². The van der Waals surface area contributed by atoms with Gasteiger partial charge >= 0.3 is 0 Å². The van der Waals surface area contributed by atoms with Gasteiger partial charge in [-0.2, -0.15) is 0 Å². The summed E-state index contributed by atoms with van der Waals surface area (Å²) in [5, 5.41) is 2.99. The molecule has 1 aliphatic rings. The number of hydrogen-bond donors (Lipinski definition) is 1. The smallest absolute Gasteiger partial charge is 0.251 e. The Hall–Kier alpha value is -2.67. The minimum atomic E-state index is -0.0462. The number of carbonyl (C=O) groups is 2. The van der Waals surface area contributed by atoms with Crippen LogP contribution in [0.4, 0.5) is 0 Å². The third-order valence-electron chi connectivity index (χ3n) is 6.44. The van der Waals surface area contributed by atoms with Crippen LogP contribution < -0.4 is 5.32 Å². The number of halogens is 1. The number of hydrogen-bond acceptors (Lipinski definition) is 3. The second-order valence-corrected chi connectivity index (χ2v) is 9.89. The Balaban J connectivity index is 1.30. The molecule has 0 aliphatic carbocycles. The Morgan fingerprint density at radius 3 is 2.53 bits per heavy atom. The van der Waals surface area contributed by atoms with Crippen LogP contribution in [-0.4, -0.2) is 45.9 Å². The average molecular weight is 525 g/mol. The molecular formula is C27H33BrN4O2. The van der Waals surface area contributed by atoms with Gasteiger partial charge in [0, 0.05) is 36.1 Å². The minimum absolute atomic E-state index is 0.0462. The van der Waals surface area contributed by atoms with E-state index in [2.05, 4.69) is 31.9 Å². The molecule has 2 aromatic carbocycles. The van der Waals surface area contributed by atoms with E-state index in [1.54, 1.807) is 0 Å². The molecule has 0 atom stereocenters. The number of fused-ring (bicyclic) bond motifs is 1. The fourth-order valence-corrected chi connectivity index (χ4v) is 4.97. The molecule has 34 heavy (non-hydrogen) atoms. The molecule has 4 rings (SSSR count). The third kappa shape index (κ3) is 6.47. The molecular weight excluding hydrogens is 492 g/mol. The van der Waals surface area contributed by atoms with E-state index >= 15 is 0 Å². The van der Waals surface area contributed by atoms with E-state index in [1.807, 2.05) is 47.4 Å². The van der Waals surface area contributed by atoms with E-state index in [1.165, 1.54) is 12.8 Å².